The van der Waals surface area contributed by atoms with Crippen molar-refractivity contribution in [3.8, 4) is 5.75 Å². The summed E-state index contributed by atoms with van der Waals surface area (Å²) in [7, 11) is 1.65. The highest BCUT2D eigenvalue weighted by molar-refractivity contribution is 7.99. The molecule has 0 aliphatic heterocycles. The Labute approximate surface area is 83.7 Å². The fraction of sp³-hybridized carbons (Fsp3) is 0.500. The zero-order valence-electron chi connectivity index (χ0n) is 8.12. The number of rotatable bonds is 5. The van der Waals surface area contributed by atoms with Crippen molar-refractivity contribution in [3.05, 3.63) is 18.3 Å². The van der Waals surface area contributed by atoms with Crippen LogP contribution < -0.4 is 4.74 Å². The van der Waals surface area contributed by atoms with E-state index in [4.69, 9.17) is 4.74 Å². The summed E-state index contributed by atoms with van der Waals surface area (Å²) in [5.41, 5.74) is 0. The van der Waals surface area contributed by atoms with Gasteiger partial charge in [0, 0.05) is 0 Å². The molecule has 1 aromatic heterocycles. The molecule has 0 fully saturated rings. The number of methoxy groups -OCH3 is 1. The lowest BCUT2D eigenvalue weighted by Crippen LogP contribution is -1.86. The molecule has 0 saturated carbocycles. The molecule has 0 aliphatic rings. The standard InChI is InChI=1S/C10H15NOS/c1-3-4-7-13-10-6-5-9(12-2)8-11-10/h5-6,8H,3-4,7H2,1-2H3. The first-order valence-electron chi connectivity index (χ1n) is 4.49. The van der Waals surface area contributed by atoms with Gasteiger partial charge >= 0.3 is 0 Å². The molecule has 0 atom stereocenters. The number of ether oxygens (including phenoxy) is 1. The van der Waals surface area contributed by atoms with Crippen LogP contribution in [0.3, 0.4) is 0 Å². The highest BCUT2D eigenvalue weighted by atomic mass is 32.2. The van der Waals surface area contributed by atoms with E-state index in [9.17, 15) is 0 Å². The molecule has 0 saturated heterocycles. The molecular formula is C10H15NOS. The van der Waals surface area contributed by atoms with E-state index in [0.717, 1.165) is 16.5 Å². The highest BCUT2D eigenvalue weighted by Crippen LogP contribution is 2.18. The van der Waals surface area contributed by atoms with Crippen molar-refractivity contribution in [2.45, 2.75) is 24.8 Å². The molecule has 0 amide bonds. The summed E-state index contributed by atoms with van der Waals surface area (Å²) >= 11 is 1.80. The first-order valence-corrected chi connectivity index (χ1v) is 5.48. The lowest BCUT2D eigenvalue weighted by Gasteiger charge is -2.01. The number of nitrogens with zero attached hydrogens (tertiary/aromatic N) is 1. The van der Waals surface area contributed by atoms with Crippen LogP contribution in [0.25, 0.3) is 0 Å². The maximum atomic E-state index is 5.02. The zero-order valence-corrected chi connectivity index (χ0v) is 8.93. The molecule has 72 valence electrons. The zero-order chi connectivity index (χ0) is 9.52. The first kappa shape index (κ1) is 10.4. The molecule has 0 radical (unpaired) electrons. The molecule has 1 aromatic rings. The Morgan fingerprint density at radius 2 is 2.31 bits per heavy atom. The normalized spacial score (nSPS) is 10.0. The van der Waals surface area contributed by atoms with E-state index in [0.29, 0.717) is 0 Å². The smallest absolute Gasteiger partial charge is 0.137 e. The fourth-order valence-corrected chi connectivity index (χ4v) is 1.83. The van der Waals surface area contributed by atoms with E-state index in [1.807, 2.05) is 12.1 Å². The van der Waals surface area contributed by atoms with E-state index >= 15 is 0 Å². The molecular weight excluding hydrogens is 182 g/mol. The summed E-state index contributed by atoms with van der Waals surface area (Å²) in [6.07, 6.45) is 4.25. The quantitative estimate of drug-likeness (QED) is 0.535. The van der Waals surface area contributed by atoms with Crippen LogP contribution in [0.5, 0.6) is 5.75 Å². The Morgan fingerprint density at radius 1 is 1.46 bits per heavy atom. The Bertz CT molecular complexity index is 235. The Hall–Kier alpha value is -0.700. The van der Waals surface area contributed by atoms with Crippen molar-refractivity contribution >= 4 is 11.8 Å². The molecule has 0 N–H and O–H groups in total. The van der Waals surface area contributed by atoms with Gasteiger partial charge in [0.05, 0.1) is 18.3 Å². The van der Waals surface area contributed by atoms with E-state index in [1.54, 1.807) is 25.1 Å². The van der Waals surface area contributed by atoms with E-state index in [-0.39, 0.29) is 0 Å². The van der Waals surface area contributed by atoms with E-state index in [1.165, 1.54) is 12.8 Å². The van der Waals surface area contributed by atoms with Crippen LogP contribution in [-0.2, 0) is 0 Å². The predicted octanol–water partition coefficient (Wildman–Crippen LogP) is 2.98. The molecule has 1 rings (SSSR count). The molecule has 2 nitrogen and oxygen atoms in total. The minimum atomic E-state index is 0.819. The Balaban J connectivity index is 2.40. The summed E-state index contributed by atoms with van der Waals surface area (Å²) in [5, 5.41) is 1.08. The SMILES string of the molecule is CCCCSc1ccc(OC)cn1. The fourth-order valence-electron chi connectivity index (χ4n) is 0.894. The average Bonchev–Trinajstić information content (AvgIpc) is 2.19. The molecule has 3 heteroatoms. The van der Waals surface area contributed by atoms with Crippen LogP contribution >= 0.6 is 11.8 Å². The van der Waals surface area contributed by atoms with Crippen LogP contribution in [0.4, 0.5) is 0 Å². The molecule has 0 spiro atoms. The van der Waals surface area contributed by atoms with Gasteiger partial charge in [-0.1, -0.05) is 13.3 Å². The van der Waals surface area contributed by atoms with Crippen LogP contribution in [0.15, 0.2) is 23.4 Å². The molecule has 0 aliphatic carbocycles. The van der Waals surface area contributed by atoms with Gasteiger partial charge in [0.2, 0.25) is 0 Å². The van der Waals surface area contributed by atoms with Crippen molar-refractivity contribution in [2.24, 2.45) is 0 Å². The van der Waals surface area contributed by atoms with Gasteiger partial charge in [-0.15, -0.1) is 11.8 Å². The first-order chi connectivity index (χ1) is 6.36. The number of unbranched alkanes of at least 4 members (excludes halogenated alkanes) is 1. The van der Waals surface area contributed by atoms with Crippen LogP contribution in [0.1, 0.15) is 19.8 Å². The lowest BCUT2D eigenvalue weighted by molar-refractivity contribution is 0.412. The maximum Gasteiger partial charge on any atom is 0.137 e. The second-order valence-electron chi connectivity index (χ2n) is 2.74. The Kier molecular flexibility index (Phi) is 4.68. The van der Waals surface area contributed by atoms with Crippen molar-refractivity contribution in [1.82, 2.24) is 4.98 Å². The van der Waals surface area contributed by atoms with Crippen LogP contribution in [-0.4, -0.2) is 17.8 Å². The number of pyridine rings is 1. The van der Waals surface area contributed by atoms with Gasteiger partial charge in [0.25, 0.3) is 0 Å². The maximum absolute atomic E-state index is 5.02. The van der Waals surface area contributed by atoms with Crippen molar-refractivity contribution in [1.29, 1.82) is 0 Å². The third-order valence-corrected chi connectivity index (χ3v) is 2.72. The van der Waals surface area contributed by atoms with Gasteiger partial charge in [0.15, 0.2) is 0 Å². The topological polar surface area (TPSA) is 22.1 Å². The van der Waals surface area contributed by atoms with Crippen LogP contribution in [0, 0.1) is 0 Å². The van der Waals surface area contributed by atoms with E-state index < -0.39 is 0 Å². The Morgan fingerprint density at radius 3 is 2.85 bits per heavy atom. The summed E-state index contributed by atoms with van der Waals surface area (Å²) in [4.78, 5) is 4.26. The van der Waals surface area contributed by atoms with Gasteiger partial charge in [-0.3, -0.25) is 0 Å². The van der Waals surface area contributed by atoms with Gasteiger partial charge < -0.3 is 4.74 Å². The third-order valence-electron chi connectivity index (χ3n) is 1.69. The van der Waals surface area contributed by atoms with Crippen molar-refractivity contribution in [2.75, 3.05) is 12.9 Å². The summed E-state index contributed by atoms with van der Waals surface area (Å²) in [5.74, 6) is 1.97. The van der Waals surface area contributed by atoms with Gasteiger partial charge in [-0.05, 0) is 24.3 Å². The van der Waals surface area contributed by atoms with Crippen molar-refractivity contribution < 1.29 is 4.74 Å². The second kappa shape index (κ2) is 5.86. The molecule has 13 heavy (non-hydrogen) atoms. The summed E-state index contributed by atoms with van der Waals surface area (Å²) < 4.78 is 5.02. The molecule has 0 aromatic carbocycles. The number of hydrogen-bond donors (Lipinski definition) is 0. The van der Waals surface area contributed by atoms with Crippen LogP contribution in [0.2, 0.25) is 0 Å². The van der Waals surface area contributed by atoms with Gasteiger partial charge in [-0.2, -0.15) is 0 Å². The number of hydrogen-bond acceptors (Lipinski definition) is 3. The van der Waals surface area contributed by atoms with Gasteiger partial charge in [-0.25, -0.2) is 4.98 Å². The lowest BCUT2D eigenvalue weighted by atomic mass is 10.4. The third kappa shape index (κ3) is 3.68. The monoisotopic (exact) mass is 197 g/mol. The minimum Gasteiger partial charge on any atom is -0.495 e. The molecule has 0 unspecified atom stereocenters. The molecule has 1 heterocycles. The van der Waals surface area contributed by atoms with Gasteiger partial charge in [0.1, 0.15) is 5.75 Å². The average molecular weight is 197 g/mol. The van der Waals surface area contributed by atoms with Crippen molar-refractivity contribution in [3.63, 3.8) is 0 Å². The largest absolute Gasteiger partial charge is 0.495 e. The highest BCUT2D eigenvalue weighted by Gasteiger charge is 1.95. The minimum absolute atomic E-state index is 0.819. The number of aromatic nitrogens is 1. The summed E-state index contributed by atoms with van der Waals surface area (Å²) in [6, 6.07) is 3.94. The second-order valence-corrected chi connectivity index (χ2v) is 3.85. The molecule has 0 bridgehead atoms. The van der Waals surface area contributed by atoms with E-state index in [2.05, 4.69) is 11.9 Å². The number of thioether (sulfide) groups is 1. The summed E-state index contributed by atoms with van der Waals surface area (Å²) in [6.45, 7) is 2.20. The predicted molar refractivity (Wildman–Crippen MR) is 56.4 cm³/mol.